The molecule has 3 aliphatic heterocycles. The molecular formula is C36H44N3O11+. The number of aromatic hydroxyl groups is 1. The summed E-state index contributed by atoms with van der Waals surface area (Å²) in [5.74, 6) is 1.02. The predicted octanol–water partition coefficient (Wildman–Crippen LogP) is -0.142. The number of hydrogen-bond donors (Lipinski definition) is 8. The zero-order valence-electron chi connectivity index (χ0n) is 28.1. The van der Waals surface area contributed by atoms with E-state index in [1.54, 1.807) is 19.2 Å². The molecule has 0 saturated carbocycles. The Morgan fingerprint density at radius 2 is 1.96 bits per heavy atom. The molecule has 4 heterocycles. The molecule has 0 spiro atoms. The van der Waals surface area contributed by atoms with Gasteiger partial charge in [-0.3, -0.25) is 14.7 Å². The molecule has 0 aliphatic carbocycles. The number of phenolic OH excluding ortho intramolecular Hbond substituents is 1. The highest BCUT2D eigenvalue weighted by atomic mass is 17.2. The number of ether oxygens (including phenoxy) is 1. The van der Waals surface area contributed by atoms with Crippen molar-refractivity contribution in [2.24, 2.45) is 4.99 Å². The summed E-state index contributed by atoms with van der Waals surface area (Å²) < 4.78 is 13.1. The van der Waals surface area contributed by atoms with Gasteiger partial charge in [0.2, 0.25) is 11.3 Å². The molecule has 0 saturated heterocycles. The maximum absolute atomic E-state index is 13.3. The normalized spacial score (nSPS) is 24.2. The lowest BCUT2D eigenvalue weighted by atomic mass is 9.85. The minimum Gasteiger partial charge on any atom is -0.508 e. The number of aryl methyl sites for hydroxylation is 1. The van der Waals surface area contributed by atoms with Crippen LogP contribution in [0.5, 0.6) is 11.5 Å². The van der Waals surface area contributed by atoms with Crippen LogP contribution in [0, 0.1) is 6.92 Å². The van der Waals surface area contributed by atoms with E-state index in [-0.39, 0.29) is 24.0 Å². The molecule has 268 valence electrons. The maximum atomic E-state index is 13.3. The fourth-order valence-corrected chi connectivity index (χ4v) is 6.74. The number of nitrogens with zero attached hydrogens (tertiary/aromatic N) is 1. The highest BCUT2D eigenvalue weighted by molar-refractivity contribution is 5.90. The molecule has 8 N–H and O–H groups in total. The number of rotatable bonds is 14. The van der Waals surface area contributed by atoms with E-state index in [1.807, 2.05) is 26.2 Å². The predicted molar refractivity (Wildman–Crippen MR) is 181 cm³/mol. The third-order valence-electron chi connectivity index (χ3n) is 9.69. The molecule has 0 fully saturated rings. The van der Waals surface area contributed by atoms with Gasteiger partial charge in [0.25, 0.3) is 0 Å². The molecule has 14 heteroatoms. The lowest BCUT2D eigenvalue weighted by Crippen LogP contribution is -3.01. The molecule has 0 amide bonds. The van der Waals surface area contributed by atoms with Gasteiger partial charge in [-0.25, -0.2) is 9.78 Å². The zero-order valence-corrected chi connectivity index (χ0v) is 28.1. The Hall–Kier alpha value is -3.96. The maximum Gasteiger partial charge on any atom is 0.222 e. The van der Waals surface area contributed by atoms with E-state index >= 15 is 0 Å². The molecule has 7 atom stereocenters. The van der Waals surface area contributed by atoms with Gasteiger partial charge in [-0.1, -0.05) is 12.1 Å². The minimum absolute atomic E-state index is 0.00754. The first-order valence-corrected chi connectivity index (χ1v) is 16.5. The Morgan fingerprint density at radius 3 is 2.66 bits per heavy atom. The number of aliphatic hydroxyl groups is 5. The first kappa shape index (κ1) is 35.9. The molecular weight excluding hydrogens is 650 g/mol. The fraction of sp³-hybridized carbons (Fsp3) is 0.444. The minimum atomic E-state index is -2.22. The van der Waals surface area contributed by atoms with Gasteiger partial charge < -0.3 is 45.1 Å². The molecule has 14 nitrogen and oxygen atoms in total. The van der Waals surface area contributed by atoms with E-state index < -0.39 is 48.8 Å². The largest absolute Gasteiger partial charge is 0.508 e. The summed E-state index contributed by atoms with van der Waals surface area (Å²) >= 11 is 0. The molecule has 6 rings (SSSR count). The highest BCUT2D eigenvalue weighted by Crippen LogP contribution is 2.44. The van der Waals surface area contributed by atoms with Crippen molar-refractivity contribution in [1.29, 1.82) is 0 Å². The second-order valence-corrected chi connectivity index (χ2v) is 13.5. The summed E-state index contributed by atoms with van der Waals surface area (Å²) in [6.45, 7) is 3.20. The van der Waals surface area contributed by atoms with E-state index in [0.717, 1.165) is 16.2 Å². The Morgan fingerprint density at radius 1 is 1.20 bits per heavy atom. The molecule has 1 unspecified atom stereocenters. The smallest absolute Gasteiger partial charge is 0.222 e. The van der Waals surface area contributed by atoms with Crippen LogP contribution in [-0.4, -0.2) is 106 Å². The van der Waals surface area contributed by atoms with E-state index in [9.17, 15) is 35.4 Å². The van der Waals surface area contributed by atoms with Crippen molar-refractivity contribution < 1.29 is 54.5 Å². The van der Waals surface area contributed by atoms with Gasteiger partial charge in [-0.2, -0.15) is 0 Å². The molecule has 0 radical (unpaired) electrons. The monoisotopic (exact) mass is 694 g/mol. The first-order valence-electron chi connectivity index (χ1n) is 16.5. The summed E-state index contributed by atoms with van der Waals surface area (Å²) in [7, 11) is 1.81. The number of quaternary nitrogens is 1. The highest BCUT2D eigenvalue weighted by Gasteiger charge is 2.48. The van der Waals surface area contributed by atoms with Gasteiger partial charge in [0.05, 0.1) is 12.0 Å². The van der Waals surface area contributed by atoms with Gasteiger partial charge in [0.15, 0.2) is 11.2 Å². The summed E-state index contributed by atoms with van der Waals surface area (Å²) in [6, 6.07) is 9.04. The average Bonchev–Trinajstić information content (AvgIpc) is 3.70. The number of hydrogen-bond acceptors (Lipinski definition) is 13. The Balaban J connectivity index is 1.33. The third-order valence-corrected chi connectivity index (χ3v) is 9.69. The van der Waals surface area contributed by atoms with Gasteiger partial charge in [-0.05, 0) is 57.3 Å². The van der Waals surface area contributed by atoms with Crippen LogP contribution in [0.4, 0.5) is 5.69 Å². The topological polar surface area (TPSA) is 208 Å². The van der Waals surface area contributed by atoms with Crippen LogP contribution in [0.1, 0.15) is 30.2 Å². The van der Waals surface area contributed by atoms with Crippen LogP contribution in [-0.2, 0) is 22.6 Å². The van der Waals surface area contributed by atoms with Gasteiger partial charge >= 0.3 is 0 Å². The average molecular weight is 695 g/mol. The molecule has 50 heavy (non-hydrogen) atoms. The molecule has 0 bridgehead atoms. The number of aliphatic imine (C=N–C) groups is 1. The summed E-state index contributed by atoms with van der Waals surface area (Å²) in [5, 5.41) is 65.9. The van der Waals surface area contributed by atoms with Crippen molar-refractivity contribution in [2.45, 2.75) is 68.7 Å². The molecule has 3 aromatic rings. The van der Waals surface area contributed by atoms with Crippen molar-refractivity contribution >= 4 is 22.9 Å². The van der Waals surface area contributed by atoms with Gasteiger partial charge in [0, 0.05) is 42.7 Å². The SMILES string of the molecule is CNCC[C@]1(C)Oc2c(cc3c(=O)cc(C)oc3c2[NH+]2C=C3N=CC=C3C2)C[C@H]1OOC[C@@](O)(Cc1ccc(O)cc1)[C@@H](O)[C@H](O)[C@H](O)CO. The Bertz CT molecular complexity index is 1870. The number of nitrogens with one attached hydrogen (secondary N) is 2. The van der Waals surface area contributed by atoms with E-state index in [4.69, 9.17) is 18.9 Å². The van der Waals surface area contributed by atoms with Crippen LogP contribution < -0.4 is 20.4 Å². The van der Waals surface area contributed by atoms with E-state index in [2.05, 4.69) is 10.3 Å². The lowest BCUT2D eigenvalue weighted by molar-refractivity contribution is -0.763. The van der Waals surface area contributed by atoms with Crippen molar-refractivity contribution in [2.75, 3.05) is 33.4 Å². The van der Waals surface area contributed by atoms with Gasteiger partial charge in [0.1, 0.15) is 72.2 Å². The van der Waals surface area contributed by atoms with Crippen LogP contribution in [0.15, 0.2) is 74.1 Å². The second kappa shape index (κ2) is 14.3. The van der Waals surface area contributed by atoms with Crippen molar-refractivity contribution in [3.63, 3.8) is 0 Å². The van der Waals surface area contributed by atoms with Crippen molar-refractivity contribution in [3.05, 3.63) is 87.1 Å². The van der Waals surface area contributed by atoms with Crippen molar-refractivity contribution in [1.82, 2.24) is 5.32 Å². The quantitative estimate of drug-likeness (QED) is 0.0820. The Kier molecular flexibility index (Phi) is 10.3. The van der Waals surface area contributed by atoms with Crippen LogP contribution in [0.25, 0.3) is 11.0 Å². The standard InChI is InChI=1S/C36H43N3O11/c1-20-12-27(42)25-13-23-14-29(50-47-19-36(46,34(45)31(44)28(43)18-40)15-21-4-6-24(41)7-5-21)35(2,9-11-37-3)49-32(23)30(33(25)48-20)39-16-22-8-10-38-26(22)17-39/h4-8,10,12-13,17,28-29,31,34,37,40-41,43-46H,9,11,14-16,18-19H2,1-3H3/p+1/t28-,29-,31-,34+,35+,36+/m1/s1. The summed E-state index contributed by atoms with van der Waals surface area (Å²) in [6.07, 6.45) is -0.311. The summed E-state index contributed by atoms with van der Waals surface area (Å²) in [5.41, 5.74) is 0.733. The Labute approximate surface area is 288 Å². The summed E-state index contributed by atoms with van der Waals surface area (Å²) in [4.78, 5) is 30.3. The van der Waals surface area contributed by atoms with Gasteiger partial charge in [-0.15, -0.1) is 0 Å². The van der Waals surface area contributed by atoms with Crippen LogP contribution in [0.3, 0.4) is 0 Å². The zero-order chi connectivity index (χ0) is 35.8. The fourth-order valence-electron chi connectivity index (χ4n) is 6.74. The number of phenols is 1. The van der Waals surface area contributed by atoms with Crippen LogP contribution >= 0.6 is 0 Å². The second-order valence-electron chi connectivity index (χ2n) is 13.5. The third kappa shape index (κ3) is 6.99. The molecule has 2 aromatic carbocycles. The lowest BCUT2D eigenvalue weighted by Gasteiger charge is -2.42. The molecule has 3 aliphatic rings. The van der Waals surface area contributed by atoms with E-state index in [0.29, 0.717) is 58.8 Å². The van der Waals surface area contributed by atoms with E-state index in [1.165, 1.54) is 30.3 Å². The molecule has 1 aromatic heterocycles. The van der Waals surface area contributed by atoms with Crippen LogP contribution in [0.2, 0.25) is 0 Å². The number of aliphatic hydroxyl groups excluding tert-OH is 4. The first-order chi connectivity index (χ1) is 23.9. The van der Waals surface area contributed by atoms with Crippen molar-refractivity contribution in [3.8, 4) is 11.5 Å². The number of benzene rings is 2. The number of fused-ring (bicyclic) bond motifs is 3. The number of allylic oxidation sites excluding steroid dienone is 1.